The summed E-state index contributed by atoms with van der Waals surface area (Å²) in [6, 6.07) is 0. The molecule has 0 saturated heterocycles. The smallest absolute Gasteiger partial charge is 0.0448 e. The van der Waals surface area contributed by atoms with E-state index < -0.39 is 0 Å². The maximum atomic E-state index is 3.00. The molecule has 0 N–H and O–H groups in total. The van der Waals surface area contributed by atoms with Crippen molar-refractivity contribution in [2.45, 2.75) is 53.9 Å². The van der Waals surface area contributed by atoms with Crippen LogP contribution >= 0.6 is 0 Å². The van der Waals surface area contributed by atoms with Crippen molar-refractivity contribution in [2.75, 3.05) is 0 Å². The molecular formula is C11H26. The molecule has 0 radical (unpaired) electrons. The fraction of sp³-hybridized carbons (Fsp3) is 0.818. The molecule has 0 nitrogen and oxygen atoms in total. The summed E-state index contributed by atoms with van der Waals surface area (Å²) in [5, 5.41) is 0. The van der Waals surface area contributed by atoms with Gasteiger partial charge >= 0.3 is 0 Å². The van der Waals surface area contributed by atoms with Gasteiger partial charge in [-0.3, -0.25) is 0 Å². The van der Waals surface area contributed by atoms with Crippen LogP contribution in [0.15, 0.2) is 13.2 Å². The third kappa shape index (κ3) is 41.7. The molecule has 0 heterocycles. The molecule has 0 bridgehead atoms. The predicted molar refractivity (Wildman–Crippen MR) is 57.0 cm³/mol. The third-order valence-electron chi connectivity index (χ3n) is 1.39. The second kappa shape index (κ2) is 22.6. The lowest BCUT2D eigenvalue weighted by atomic mass is 10.1. The van der Waals surface area contributed by atoms with Gasteiger partial charge < -0.3 is 0 Å². The van der Waals surface area contributed by atoms with Crippen molar-refractivity contribution in [2.24, 2.45) is 5.92 Å². The van der Waals surface area contributed by atoms with Gasteiger partial charge in [0, 0.05) is 0 Å². The van der Waals surface area contributed by atoms with Crippen LogP contribution in [0.2, 0.25) is 0 Å². The van der Waals surface area contributed by atoms with Gasteiger partial charge in [-0.15, -0.1) is 13.2 Å². The lowest BCUT2D eigenvalue weighted by Gasteiger charge is -1.98. The van der Waals surface area contributed by atoms with Crippen molar-refractivity contribution < 1.29 is 0 Å². The van der Waals surface area contributed by atoms with Gasteiger partial charge in [0.2, 0.25) is 0 Å². The molecule has 70 valence electrons. The van der Waals surface area contributed by atoms with Crippen molar-refractivity contribution >= 4 is 0 Å². The SMILES string of the molecule is C=C.CCC.CCC(C)CC. The summed E-state index contributed by atoms with van der Waals surface area (Å²) in [5.41, 5.74) is 0. The van der Waals surface area contributed by atoms with Gasteiger partial charge in [0.15, 0.2) is 0 Å². The fourth-order valence-corrected chi connectivity index (χ4v) is 0.289. The molecule has 0 rings (SSSR count). The van der Waals surface area contributed by atoms with Gasteiger partial charge in [-0.25, -0.2) is 0 Å². The molecule has 0 aliphatic rings. The monoisotopic (exact) mass is 158 g/mol. The minimum Gasteiger partial charge on any atom is -0.106 e. The molecule has 0 saturated carbocycles. The molecule has 0 spiro atoms. The largest absolute Gasteiger partial charge is 0.106 e. The molecule has 0 aromatic heterocycles. The van der Waals surface area contributed by atoms with Gasteiger partial charge in [-0.05, 0) is 5.92 Å². The minimum atomic E-state index is 0.935. The number of hydrogen-bond acceptors (Lipinski definition) is 0. The first-order chi connectivity index (χ1) is 5.22. The average Bonchev–Trinajstić information content (AvgIpc) is 2.08. The van der Waals surface area contributed by atoms with Gasteiger partial charge in [-0.2, -0.15) is 0 Å². The van der Waals surface area contributed by atoms with Crippen LogP contribution in [0.25, 0.3) is 0 Å². The molecule has 0 amide bonds. The topological polar surface area (TPSA) is 0 Å². The Morgan fingerprint density at radius 1 is 0.909 bits per heavy atom. The zero-order chi connectivity index (χ0) is 9.70. The standard InChI is InChI=1S/C6H14.C3H8.C2H4/c1-4-6(3)5-2;1-3-2;1-2/h6H,4-5H2,1-3H3;3H2,1-2H3;1-2H2. The summed E-state index contributed by atoms with van der Waals surface area (Å²) in [5.74, 6) is 0.935. The van der Waals surface area contributed by atoms with Crippen molar-refractivity contribution in [1.29, 1.82) is 0 Å². The zero-order valence-electron chi connectivity index (χ0n) is 9.11. The van der Waals surface area contributed by atoms with E-state index in [0.29, 0.717) is 0 Å². The second-order valence-corrected chi connectivity index (χ2v) is 2.63. The molecule has 0 atom stereocenters. The van der Waals surface area contributed by atoms with Crippen LogP contribution in [0.4, 0.5) is 0 Å². The zero-order valence-corrected chi connectivity index (χ0v) is 9.11. The Hall–Kier alpha value is -0.260. The average molecular weight is 158 g/mol. The van der Waals surface area contributed by atoms with E-state index >= 15 is 0 Å². The van der Waals surface area contributed by atoms with E-state index in [-0.39, 0.29) is 0 Å². The number of rotatable bonds is 2. The molecule has 0 heteroatoms. The van der Waals surface area contributed by atoms with Crippen molar-refractivity contribution in [1.82, 2.24) is 0 Å². The maximum Gasteiger partial charge on any atom is -0.0448 e. The predicted octanol–water partition coefficient (Wildman–Crippen LogP) is 4.66. The molecule has 0 aromatic carbocycles. The Morgan fingerprint density at radius 2 is 1.09 bits per heavy atom. The summed E-state index contributed by atoms with van der Waals surface area (Å²) in [4.78, 5) is 0. The van der Waals surface area contributed by atoms with E-state index in [2.05, 4.69) is 47.8 Å². The molecule has 11 heavy (non-hydrogen) atoms. The lowest BCUT2D eigenvalue weighted by molar-refractivity contribution is 0.544. The third-order valence-corrected chi connectivity index (χ3v) is 1.39. The van der Waals surface area contributed by atoms with Crippen molar-refractivity contribution in [3.8, 4) is 0 Å². The Balaban J connectivity index is -0.000000109. The first kappa shape index (κ1) is 17.0. The lowest BCUT2D eigenvalue weighted by Crippen LogP contribution is -1.85. The van der Waals surface area contributed by atoms with E-state index in [4.69, 9.17) is 0 Å². The molecular weight excluding hydrogens is 132 g/mol. The van der Waals surface area contributed by atoms with Crippen molar-refractivity contribution in [3.05, 3.63) is 13.2 Å². The molecule has 0 unspecified atom stereocenters. The van der Waals surface area contributed by atoms with E-state index in [1.54, 1.807) is 0 Å². The summed E-state index contributed by atoms with van der Waals surface area (Å²) in [7, 11) is 0. The Morgan fingerprint density at radius 3 is 1.09 bits per heavy atom. The van der Waals surface area contributed by atoms with E-state index in [0.717, 1.165) is 5.92 Å². The number of hydrogen-bond donors (Lipinski definition) is 0. The summed E-state index contributed by atoms with van der Waals surface area (Å²) < 4.78 is 0. The maximum absolute atomic E-state index is 3.00. The summed E-state index contributed by atoms with van der Waals surface area (Å²) in [6.45, 7) is 17.0. The van der Waals surface area contributed by atoms with Crippen LogP contribution in [0, 0.1) is 5.92 Å². The molecule has 0 fully saturated rings. The highest BCUT2D eigenvalue weighted by atomic mass is 13.9. The first-order valence-corrected chi connectivity index (χ1v) is 4.72. The van der Waals surface area contributed by atoms with E-state index in [1.165, 1.54) is 19.3 Å². The van der Waals surface area contributed by atoms with Crippen LogP contribution < -0.4 is 0 Å². The van der Waals surface area contributed by atoms with Gasteiger partial charge in [0.1, 0.15) is 0 Å². The van der Waals surface area contributed by atoms with Crippen LogP contribution in [0.1, 0.15) is 53.9 Å². The summed E-state index contributed by atoms with van der Waals surface area (Å²) in [6.07, 6.45) is 3.91. The quantitative estimate of drug-likeness (QED) is 0.513. The van der Waals surface area contributed by atoms with Crippen LogP contribution in [0.3, 0.4) is 0 Å². The van der Waals surface area contributed by atoms with Crippen LogP contribution in [-0.2, 0) is 0 Å². The Kier molecular flexibility index (Phi) is 34.9. The molecule has 0 aromatic rings. The summed E-state index contributed by atoms with van der Waals surface area (Å²) >= 11 is 0. The van der Waals surface area contributed by atoms with E-state index in [9.17, 15) is 0 Å². The fourth-order valence-electron chi connectivity index (χ4n) is 0.289. The highest BCUT2D eigenvalue weighted by molar-refractivity contribution is 4.41. The van der Waals surface area contributed by atoms with Gasteiger partial charge in [0.25, 0.3) is 0 Å². The van der Waals surface area contributed by atoms with Crippen LogP contribution in [0.5, 0.6) is 0 Å². The Labute approximate surface area is 73.7 Å². The normalized spacial score (nSPS) is 7.45. The highest BCUT2D eigenvalue weighted by Crippen LogP contribution is 2.02. The van der Waals surface area contributed by atoms with Gasteiger partial charge in [0.05, 0.1) is 0 Å². The first-order valence-electron chi connectivity index (χ1n) is 4.72. The molecule has 0 aliphatic heterocycles. The van der Waals surface area contributed by atoms with Crippen molar-refractivity contribution in [3.63, 3.8) is 0 Å². The molecule has 0 aliphatic carbocycles. The second-order valence-electron chi connectivity index (χ2n) is 2.63. The highest BCUT2D eigenvalue weighted by Gasteiger charge is 1.88. The minimum absolute atomic E-state index is 0.935. The Bertz CT molecular complexity index is 35.3. The van der Waals surface area contributed by atoms with Gasteiger partial charge in [-0.1, -0.05) is 53.9 Å². The van der Waals surface area contributed by atoms with E-state index in [1.807, 2.05) is 0 Å². The van der Waals surface area contributed by atoms with Crippen LogP contribution in [-0.4, -0.2) is 0 Å².